The molecule has 5 heteroatoms. The summed E-state index contributed by atoms with van der Waals surface area (Å²) in [6.07, 6.45) is 1.65. The van der Waals surface area contributed by atoms with Crippen LogP contribution in [0.15, 0.2) is 48.7 Å². The first-order valence-electron chi connectivity index (χ1n) is 6.31. The zero-order valence-corrected chi connectivity index (χ0v) is 10.9. The smallest absolute Gasteiger partial charge is 0.134 e. The average Bonchev–Trinajstić information content (AvgIpc) is 2.45. The Balaban J connectivity index is 2.10. The van der Waals surface area contributed by atoms with E-state index < -0.39 is 23.5 Å². The van der Waals surface area contributed by atoms with Gasteiger partial charge in [0.25, 0.3) is 0 Å². The fraction of sp³-hybridized carbons (Fsp3) is 0.0625. The van der Waals surface area contributed by atoms with Gasteiger partial charge in [0.2, 0.25) is 0 Å². The molecule has 0 aliphatic rings. The molecule has 2 N–H and O–H groups in total. The van der Waals surface area contributed by atoms with Crippen molar-refractivity contribution in [2.24, 2.45) is 5.73 Å². The van der Waals surface area contributed by atoms with Crippen LogP contribution in [0.3, 0.4) is 0 Å². The minimum absolute atomic E-state index is 0.348. The van der Waals surface area contributed by atoms with Crippen molar-refractivity contribution < 1.29 is 13.2 Å². The molecule has 3 aromatic rings. The Labute approximate surface area is 119 Å². The van der Waals surface area contributed by atoms with Crippen LogP contribution in [0.25, 0.3) is 10.9 Å². The summed E-state index contributed by atoms with van der Waals surface area (Å²) in [5.74, 6) is -2.96. The maximum atomic E-state index is 13.8. The third kappa shape index (κ3) is 2.48. The Morgan fingerprint density at radius 2 is 1.67 bits per heavy atom. The quantitative estimate of drug-likeness (QED) is 0.781. The molecule has 0 aliphatic heterocycles. The molecule has 2 nitrogen and oxygen atoms in total. The molecule has 106 valence electrons. The van der Waals surface area contributed by atoms with Crippen molar-refractivity contribution >= 4 is 10.9 Å². The monoisotopic (exact) mass is 288 g/mol. The van der Waals surface area contributed by atoms with Crippen molar-refractivity contribution in [1.29, 1.82) is 0 Å². The van der Waals surface area contributed by atoms with E-state index in [2.05, 4.69) is 4.98 Å². The first-order chi connectivity index (χ1) is 10.1. The van der Waals surface area contributed by atoms with E-state index in [0.29, 0.717) is 17.7 Å². The van der Waals surface area contributed by atoms with Gasteiger partial charge in [-0.25, -0.2) is 13.2 Å². The summed E-state index contributed by atoms with van der Waals surface area (Å²) in [5, 5.41) is 0.813. The lowest BCUT2D eigenvalue weighted by Gasteiger charge is -2.15. The average molecular weight is 288 g/mol. The van der Waals surface area contributed by atoms with Gasteiger partial charge in [-0.2, -0.15) is 0 Å². The highest BCUT2D eigenvalue weighted by atomic mass is 19.1. The molecular formula is C16H11F3N2. The van der Waals surface area contributed by atoms with Crippen LogP contribution in [0, 0.1) is 17.5 Å². The number of pyridine rings is 1. The lowest BCUT2D eigenvalue weighted by Crippen LogP contribution is -2.16. The maximum Gasteiger partial charge on any atom is 0.134 e. The van der Waals surface area contributed by atoms with Gasteiger partial charge in [-0.15, -0.1) is 0 Å². The number of nitrogens with zero attached hydrogens (tertiary/aromatic N) is 1. The molecule has 2 aromatic carbocycles. The number of halogens is 3. The van der Waals surface area contributed by atoms with Gasteiger partial charge in [0.1, 0.15) is 17.5 Å². The number of hydrogen-bond acceptors (Lipinski definition) is 2. The molecule has 0 fully saturated rings. The minimum Gasteiger partial charge on any atom is -0.320 e. The van der Waals surface area contributed by atoms with E-state index in [9.17, 15) is 13.2 Å². The van der Waals surface area contributed by atoms with Crippen LogP contribution < -0.4 is 5.73 Å². The lowest BCUT2D eigenvalue weighted by atomic mass is 9.97. The number of nitrogens with two attached hydrogens (primary N) is 1. The second kappa shape index (κ2) is 5.18. The van der Waals surface area contributed by atoms with Crippen molar-refractivity contribution in [3.05, 3.63) is 77.2 Å². The van der Waals surface area contributed by atoms with Gasteiger partial charge in [0, 0.05) is 29.3 Å². The summed E-state index contributed by atoms with van der Waals surface area (Å²) >= 11 is 0. The summed E-state index contributed by atoms with van der Waals surface area (Å²) in [5.41, 5.74) is 6.87. The predicted octanol–water partition coefficient (Wildman–Crippen LogP) is 3.70. The van der Waals surface area contributed by atoms with Gasteiger partial charge in [0.05, 0.1) is 11.6 Å². The van der Waals surface area contributed by atoms with Crippen LogP contribution in [0.1, 0.15) is 17.2 Å². The second-order valence-electron chi connectivity index (χ2n) is 4.72. The molecule has 3 rings (SSSR count). The van der Waals surface area contributed by atoms with E-state index in [4.69, 9.17) is 5.73 Å². The summed E-state index contributed by atoms with van der Waals surface area (Å²) < 4.78 is 40.5. The number of fused-ring (bicyclic) bond motifs is 1. The van der Waals surface area contributed by atoms with E-state index in [1.165, 1.54) is 0 Å². The Bertz CT molecular complexity index is 794. The summed E-state index contributed by atoms with van der Waals surface area (Å²) in [6.45, 7) is 0. The fourth-order valence-corrected chi connectivity index (χ4v) is 2.30. The summed E-state index contributed by atoms with van der Waals surface area (Å²) in [6, 6.07) is 8.92. The number of rotatable bonds is 2. The van der Waals surface area contributed by atoms with Crippen LogP contribution in [0.2, 0.25) is 0 Å². The van der Waals surface area contributed by atoms with Gasteiger partial charge >= 0.3 is 0 Å². The zero-order chi connectivity index (χ0) is 15.0. The van der Waals surface area contributed by atoms with Crippen molar-refractivity contribution in [3.63, 3.8) is 0 Å². The first kappa shape index (κ1) is 13.6. The van der Waals surface area contributed by atoms with Crippen molar-refractivity contribution in [1.82, 2.24) is 4.98 Å². The van der Waals surface area contributed by atoms with Gasteiger partial charge in [-0.05, 0) is 23.8 Å². The summed E-state index contributed by atoms with van der Waals surface area (Å²) in [7, 11) is 0. The van der Waals surface area contributed by atoms with Gasteiger partial charge in [-0.3, -0.25) is 4.98 Å². The van der Waals surface area contributed by atoms with E-state index in [-0.39, 0.29) is 5.56 Å². The van der Waals surface area contributed by atoms with Gasteiger partial charge in [-0.1, -0.05) is 12.1 Å². The summed E-state index contributed by atoms with van der Waals surface area (Å²) in [4.78, 5) is 4.16. The molecule has 1 unspecified atom stereocenters. The van der Waals surface area contributed by atoms with Gasteiger partial charge < -0.3 is 5.73 Å². The SMILES string of the molecule is NC(c1ccc2ncccc2c1)c1c(F)cc(F)cc1F. The third-order valence-electron chi connectivity index (χ3n) is 3.34. The lowest BCUT2D eigenvalue weighted by molar-refractivity contribution is 0.515. The van der Waals surface area contributed by atoms with E-state index in [0.717, 1.165) is 10.9 Å². The van der Waals surface area contributed by atoms with Crippen LogP contribution in [0.4, 0.5) is 13.2 Å². The maximum absolute atomic E-state index is 13.8. The van der Waals surface area contributed by atoms with Gasteiger partial charge in [0.15, 0.2) is 0 Å². The van der Waals surface area contributed by atoms with Crippen molar-refractivity contribution in [2.45, 2.75) is 6.04 Å². The number of aromatic nitrogens is 1. The number of hydrogen-bond donors (Lipinski definition) is 1. The highest BCUT2D eigenvalue weighted by molar-refractivity contribution is 5.79. The standard InChI is InChI=1S/C16H11F3N2/c17-11-7-12(18)15(13(19)8-11)16(20)10-3-4-14-9(6-10)2-1-5-21-14/h1-8,16H,20H2. The van der Waals surface area contributed by atoms with E-state index >= 15 is 0 Å². The highest BCUT2D eigenvalue weighted by Gasteiger charge is 2.20. The number of benzene rings is 2. The molecule has 0 amide bonds. The normalized spacial score (nSPS) is 12.6. The molecule has 0 radical (unpaired) electrons. The largest absolute Gasteiger partial charge is 0.320 e. The predicted molar refractivity (Wildman–Crippen MR) is 74.1 cm³/mol. The molecule has 1 atom stereocenters. The Hall–Kier alpha value is -2.40. The molecule has 1 aromatic heterocycles. The van der Waals surface area contributed by atoms with Crippen LogP contribution in [0.5, 0.6) is 0 Å². The first-order valence-corrected chi connectivity index (χ1v) is 6.31. The molecule has 21 heavy (non-hydrogen) atoms. The Morgan fingerprint density at radius 3 is 2.38 bits per heavy atom. The topological polar surface area (TPSA) is 38.9 Å². The molecule has 0 bridgehead atoms. The third-order valence-corrected chi connectivity index (χ3v) is 3.34. The fourth-order valence-electron chi connectivity index (χ4n) is 2.30. The van der Waals surface area contributed by atoms with E-state index in [1.807, 2.05) is 6.07 Å². The molecular weight excluding hydrogens is 277 g/mol. The van der Waals surface area contributed by atoms with Crippen LogP contribution >= 0.6 is 0 Å². The van der Waals surface area contributed by atoms with Crippen molar-refractivity contribution in [2.75, 3.05) is 0 Å². The van der Waals surface area contributed by atoms with Crippen LogP contribution in [-0.2, 0) is 0 Å². The zero-order valence-electron chi connectivity index (χ0n) is 10.9. The van der Waals surface area contributed by atoms with Crippen molar-refractivity contribution in [3.8, 4) is 0 Å². The molecule has 0 saturated heterocycles. The molecule has 0 aliphatic carbocycles. The highest BCUT2D eigenvalue weighted by Crippen LogP contribution is 2.27. The molecule has 0 spiro atoms. The molecule has 0 saturated carbocycles. The van der Waals surface area contributed by atoms with E-state index in [1.54, 1.807) is 30.5 Å². The van der Waals surface area contributed by atoms with Crippen LogP contribution in [-0.4, -0.2) is 4.98 Å². The Morgan fingerprint density at radius 1 is 0.952 bits per heavy atom. The Kier molecular flexibility index (Phi) is 3.35. The molecule has 1 heterocycles. The second-order valence-corrected chi connectivity index (χ2v) is 4.72. The minimum atomic E-state index is -1.02.